The van der Waals surface area contributed by atoms with E-state index in [-0.39, 0.29) is 0 Å². The maximum Gasteiger partial charge on any atom is 0.0419 e. The van der Waals surface area contributed by atoms with Gasteiger partial charge in [-0.1, -0.05) is 25.1 Å². The van der Waals surface area contributed by atoms with E-state index in [0.717, 1.165) is 26.2 Å². The number of nitrogens with one attached hydrogen (secondary N) is 1. The number of hydrogen-bond donors (Lipinski definition) is 1. The van der Waals surface area contributed by atoms with Gasteiger partial charge in [-0.2, -0.15) is 0 Å². The third-order valence-electron chi connectivity index (χ3n) is 3.73. The van der Waals surface area contributed by atoms with Crippen molar-refractivity contribution in [3.63, 3.8) is 0 Å². The first-order chi connectivity index (χ1) is 9.20. The van der Waals surface area contributed by atoms with Gasteiger partial charge >= 0.3 is 0 Å². The highest BCUT2D eigenvalue weighted by Crippen LogP contribution is 2.27. The Bertz CT molecular complexity index is 401. The molecule has 0 amide bonds. The molecule has 1 aromatic rings. The van der Waals surface area contributed by atoms with Crippen molar-refractivity contribution in [3.8, 4) is 0 Å². The van der Waals surface area contributed by atoms with Gasteiger partial charge in [0.2, 0.25) is 0 Å². The Kier molecular flexibility index (Phi) is 5.23. The second-order valence-corrected chi connectivity index (χ2v) is 5.71. The van der Waals surface area contributed by atoms with Crippen LogP contribution in [0.25, 0.3) is 0 Å². The van der Waals surface area contributed by atoms with E-state index in [2.05, 4.69) is 54.3 Å². The molecule has 1 aromatic carbocycles. The molecular weight excluding hydrogens is 234 g/mol. The van der Waals surface area contributed by atoms with Crippen LogP contribution in [-0.2, 0) is 13.0 Å². The van der Waals surface area contributed by atoms with Crippen LogP contribution in [0.1, 0.15) is 24.5 Å². The lowest BCUT2D eigenvalue weighted by Crippen LogP contribution is -2.32. The van der Waals surface area contributed by atoms with Gasteiger partial charge in [0.05, 0.1) is 0 Å². The van der Waals surface area contributed by atoms with Gasteiger partial charge in [-0.15, -0.1) is 0 Å². The predicted octanol–water partition coefficient (Wildman–Crippen LogP) is 2.43. The van der Waals surface area contributed by atoms with E-state index < -0.39 is 0 Å². The monoisotopic (exact) mass is 261 g/mol. The quantitative estimate of drug-likeness (QED) is 0.813. The summed E-state index contributed by atoms with van der Waals surface area (Å²) in [6, 6.07) is 6.73. The minimum atomic E-state index is 1.07. The van der Waals surface area contributed by atoms with Crippen LogP contribution in [0.5, 0.6) is 0 Å². The SMILES string of the molecule is CCCN(CCN(C)C)Cc1cccc2c1NCC2. The van der Waals surface area contributed by atoms with E-state index in [0.29, 0.717) is 0 Å². The van der Waals surface area contributed by atoms with Gasteiger partial charge in [0.15, 0.2) is 0 Å². The number of likely N-dealkylation sites (N-methyl/N-ethyl adjacent to an activating group) is 1. The molecule has 0 radical (unpaired) electrons. The summed E-state index contributed by atoms with van der Waals surface area (Å²) in [7, 11) is 4.29. The number of anilines is 1. The van der Waals surface area contributed by atoms with Crippen LogP contribution in [0.2, 0.25) is 0 Å². The molecule has 0 unspecified atom stereocenters. The van der Waals surface area contributed by atoms with Gasteiger partial charge in [-0.25, -0.2) is 0 Å². The van der Waals surface area contributed by atoms with Crippen molar-refractivity contribution < 1.29 is 0 Å². The van der Waals surface area contributed by atoms with Gasteiger partial charge in [0.1, 0.15) is 0 Å². The molecule has 0 bridgehead atoms. The molecule has 0 aromatic heterocycles. The minimum Gasteiger partial charge on any atom is -0.384 e. The number of hydrogen-bond acceptors (Lipinski definition) is 3. The van der Waals surface area contributed by atoms with Gasteiger partial charge in [-0.05, 0) is 44.6 Å². The number of fused-ring (bicyclic) bond motifs is 1. The second-order valence-electron chi connectivity index (χ2n) is 5.71. The third kappa shape index (κ3) is 3.95. The molecule has 0 saturated carbocycles. The standard InChI is InChI=1S/C16H27N3/c1-4-10-19(12-11-18(2)3)13-15-7-5-6-14-8-9-17-16(14)15/h5-7,17H,4,8-13H2,1-3H3. The molecule has 2 rings (SSSR count). The lowest BCUT2D eigenvalue weighted by Gasteiger charge is -2.24. The maximum absolute atomic E-state index is 3.54. The smallest absolute Gasteiger partial charge is 0.0419 e. The van der Waals surface area contributed by atoms with Gasteiger partial charge in [0, 0.05) is 31.9 Å². The van der Waals surface area contributed by atoms with Crippen molar-refractivity contribution in [2.45, 2.75) is 26.3 Å². The first-order valence-corrected chi connectivity index (χ1v) is 7.42. The van der Waals surface area contributed by atoms with E-state index in [4.69, 9.17) is 0 Å². The van der Waals surface area contributed by atoms with Crippen LogP contribution < -0.4 is 5.32 Å². The van der Waals surface area contributed by atoms with Crippen molar-refractivity contribution in [2.24, 2.45) is 0 Å². The van der Waals surface area contributed by atoms with Crippen LogP contribution >= 0.6 is 0 Å². The Hall–Kier alpha value is -1.06. The number of benzene rings is 1. The Labute approximate surface area is 117 Å². The molecule has 3 nitrogen and oxygen atoms in total. The van der Waals surface area contributed by atoms with Gasteiger partial charge in [0.25, 0.3) is 0 Å². The molecule has 0 saturated heterocycles. The van der Waals surface area contributed by atoms with Gasteiger partial charge < -0.3 is 10.2 Å². The molecule has 1 N–H and O–H groups in total. The summed E-state index contributed by atoms with van der Waals surface area (Å²) in [6.45, 7) is 7.87. The van der Waals surface area contributed by atoms with Gasteiger partial charge in [-0.3, -0.25) is 4.90 Å². The Balaban J connectivity index is 2.02. The van der Waals surface area contributed by atoms with E-state index in [1.165, 1.54) is 36.2 Å². The topological polar surface area (TPSA) is 18.5 Å². The zero-order valence-electron chi connectivity index (χ0n) is 12.6. The number of nitrogens with zero attached hydrogens (tertiary/aromatic N) is 2. The largest absolute Gasteiger partial charge is 0.384 e. The van der Waals surface area contributed by atoms with Crippen molar-refractivity contribution in [3.05, 3.63) is 29.3 Å². The van der Waals surface area contributed by atoms with Crippen molar-refractivity contribution in [2.75, 3.05) is 45.6 Å². The summed E-state index contributed by atoms with van der Waals surface area (Å²) in [4.78, 5) is 4.83. The van der Waals surface area contributed by atoms with E-state index in [1.807, 2.05) is 0 Å². The lowest BCUT2D eigenvalue weighted by molar-refractivity contribution is 0.234. The molecule has 1 aliphatic rings. The lowest BCUT2D eigenvalue weighted by atomic mass is 10.1. The molecule has 106 valence electrons. The fourth-order valence-electron chi connectivity index (χ4n) is 2.71. The molecular formula is C16H27N3. The molecule has 19 heavy (non-hydrogen) atoms. The van der Waals surface area contributed by atoms with Crippen molar-refractivity contribution >= 4 is 5.69 Å². The average Bonchev–Trinajstić information content (AvgIpc) is 2.85. The van der Waals surface area contributed by atoms with Crippen LogP contribution in [0, 0.1) is 0 Å². The molecule has 1 aliphatic heterocycles. The highest BCUT2D eigenvalue weighted by molar-refractivity contribution is 5.61. The minimum absolute atomic E-state index is 1.07. The number of rotatable bonds is 7. The van der Waals surface area contributed by atoms with Crippen molar-refractivity contribution in [1.82, 2.24) is 9.80 Å². The van der Waals surface area contributed by atoms with Crippen molar-refractivity contribution in [1.29, 1.82) is 0 Å². The molecule has 1 heterocycles. The first kappa shape index (κ1) is 14.4. The summed E-state index contributed by atoms with van der Waals surface area (Å²) >= 11 is 0. The van der Waals surface area contributed by atoms with E-state index in [1.54, 1.807) is 0 Å². The van der Waals surface area contributed by atoms with Crippen LogP contribution in [0.4, 0.5) is 5.69 Å². The van der Waals surface area contributed by atoms with Crippen LogP contribution in [0.3, 0.4) is 0 Å². The normalized spacial score (nSPS) is 13.9. The number of para-hydroxylation sites is 1. The zero-order valence-corrected chi connectivity index (χ0v) is 12.6. The summed E-state index contributed by atoms with van der Waals surface area (Å²) in [5.41, 5.74) is 4.34. The molecule has 0 aliphatic carbocycles. The third-order valence-corrected chi connectivity index (χ3v) is 3.73. The van der Waals surface area contributed by atoms with E-state index >= 15 is 0 Å². The highest BCUT2D eigenvalue weighted by Gasteiger charge is 2.15. The Morgan fingerprint density at radius 1 is 1.16 bits per heavy atom. The Morgan fingerprint density at radius 2 is 2.00 bits per heavy atom. The summed E-state index contributed by atoms with van der Waals surface area (Å²) in [5, 5.41) is 3.54. The second kappa shape index (κ2) is 6.92. The average molecular weight is 261 g/mol. The highest BCUT2D eigenvalue weighted by atomic mass is 15.2. The first-order valence-electron chi connectivity index (χ1n) is 7.42. The summed E-state index contributed by atoms with van der Waals surface area (Å²) < 4.78 is 0. The maximum atomic E-state index is 3.54. The predicted molar refractivity (Wildman–Crippen MR) is 82.8 cm³/mol. The van der Waals surface area contributed by atoms with Crippen LogP contribution in [-0.4, -0.2) is 50.1 Å². The fourth-order valence-corrected chi connectivity index (χ4v) is 2.71. The fraction of sp³-hybridized carbons (Fsp3) is 0.625. The molecule has 0 fully saturated rings. The summed E-state index contributed by atoms with van der Waals surface area (Å²) in [5.74, 6) is 0. The Morgan fingerprint density at radius 3 is 2.74 bits per heavy atom. The molecule has 3 heteroatoms. The van der Waals surface area contributed by atoms with E-state index in [9.17, 15) is 0 Å². The summed E-state index contributed by atoms with van der Waals surface area (Å²) in [6.07, 6.45) is 2.39. The van der Waals surface area contributed by atoms with Crippen LogP contribution in [0.15, 0.2) is 18.2 Å². The zero-order chi connectivity index (χ0) is 13.7. The molecule has 0 spiro atoms. The molecule has 0 atom stereocenters.